The molecule has 0 radical (unpaired) electrons. The molecule has 1 aliphatic heterocycles. The molecular formula is C31H32F2N4O3. The standard InChI is InChI=1S/C31H32F2N4O3/c1-3-40-30(38)29(23-7-5-4-6-8-23)35-17-15-34(16-18-35)25-10-12-26(13-11-25)37-20-19-36(31(37)39)22(2)27-14-9-24(32)21-28(27)33/h4-14,19-22,29H,3,15-18H2,1-2H3. The Morgan fingerprint density at radius 2 is 1.57 bits per heavy atom. The lowest BCUT2D eigenvalue weighted by atomic mass is 10.0. The number of aromatic nitrogens is 2. The minimum Gasteiger partial charge on any atom is -0.465 e. The van der Waals surface area contributed by atoms with Crippen LogP contribution in [0.1, 0.15) is 37.1 Å². The summed E-state index contributed by atoms with van der Waals surface area (Å²) < 4.78 is 36.0. The van der Waals surface area contributed by atoms with E-state index < -0.39 is 23.7 Å². The number of nitrogens with zero attached hydrogens (tertiary/aromatic N) is 4. The molecule has 4 aromatic rings. The molecule has 0 N–H and O–H groups in total. The van der Waals surface area contributed by atoms with Gasteiger partial charge in [0, 0.05) is 55.9 Å². The second kappa shape index (κ2) is 11.9. The van der Waals surface area contributed by atoms with Gasteiger partial charge in [0.05, 0.1) is 18.3 Å². The second-order valence-electron chi connectivity index (χ2n) is 9.80. The van der Waals surface area contributed by atoms with E-state index in [2.05, 4.69) is 9.80 Å². The fraction of sp³-hybridized carbons (Fsp3) is 0.290. The Balaban J connectivity index is 1.28. The van der Waals surface area contributed by atoms with Crippen LogP contribution in [0.3, 0.4) is 0 Å². The first-order valence-corrected chi connectivity index (χ1v) is 13.4. The third-order valence-corrected chi connectivity index (χ3v) is 7.43. The van der Waals surface area contributed by atoms with Crippen LogP contribution in [0.15, 0.2) is 90.0 Å². The highest BCUT2D eigenvalue weighted by molar-refractivity contribution is 5.77. The van der Waals surface area contributed by atoms with Crippen LogP contribution in [-0.2, 0) is 9.53 Å². The first-order valence-electron chi connectivity index (χ1n) is 13.4. The topological polar surface area (TPSA) is 59.7 Å². The lowest BCUT2D eigenvalue weighted by Gasteiger charge is -2.39. The third kappa shape index (κ3) is 5.56. The number of hydrogen-bond donors (Lipinski definition) is 0. The summed E-state index contributed by atoms with van der Waals surface area (Å²) in [5.41, 5.74) is 2.55. The van der Waals surface area contributed by atoms with E-state index in [4.69, 9.17) is 4.74 Å². The highest BCUT2D eigenvalue weighted by Crippen LogP contribution is 2.26. The molecule has 40 heavy (non-hydrogen) atoms. The lowest BCUT2D eigenvalue weighted by molar-refractivity contribution is -0.150. The quantitative estimate of drug-likeness (QED) is 0.293. The molecule has 0 aliphatic carbocycles. The molecule has 9 heteroatoms. The smallest absolute Gasteiger partial charge is 0.333 e. The van der Waals surface area contributed by atoms with Gasteiger partial charge in [-0.3, -0.25) is 14.0 Å². The summed E-state index contributed by atoms with van der Waals surface area (Å²) in [7, 11) is 0. The Hall–Kier alpha value is -4.24. The van der Waals surface area contributed by atoms with Gasteiger partial charge in [-0.25, -0.2) is 18.4 Å². The Morgan fingerprint density at radius 3 is 2.23 bits per heavy atom. The molecule has 0 amide bonds. The normalized spacial score (nSPS) is 15.6. The van der Waals surface area contributed by atoms with Crippen molar-refractivity contribution in [2.45, 2.75) is 25.9 Å². The van der Waals surface area contributed by atoms with Gasteiger partial charge in [0.25, 0.3) is 0 Å². The lowest BCUT2D eigenvalue weighted by Crippen LogP contribution is -2.49. The van der Waals surface area contributed by atoms with Crippen LogP contribution in [0.5, 0.6) is 0 Å². The predicted octanol–water partition coefficient (Wildman–Crippen LogP) is 4.95. The minimum atomic E-state index is -0.686. The number of carbonyl (C=O) groups is 1. The van der Waals surface area contributed by atoms with Crippen LogP contribution in [0.2, 0.25) is 0 Å². The van der Waals surface area contributed by atoms with Gasteiger partial charge in [0.1, 0.15) is 17.7 Å². The van der Waals surface area contributed by atoms with Crippen LogP contribution >= 0.6 is 0 Å². The van der Waals surface area contributed by atoms with Crippen LogP contribution in [0.25, 0.3) is 5.69 Å². The van der Waals surface area contributed by atoms with Crippen LogP contribution in [0.4, 0.5) is 14.5 Å². The van der Waals surface area contributed by atoms with Crippen molar-refractivity contribution in [2.75, 3.05) is 37.7 Å². The number of imidazole rings is 1. The number of anilines is 1. The van der Waals surface area contributed by atoms with Gasteiger partial charge in [-0.1, -0.05) is 36.4 Å². The number of ether oxygens (including phenoxy) is 1. The van der Waals surface area contributed by atoms with E-state index in [9.17, 15) is 18.4 Å². The summed E-state index contributed by atoms with van der Waals surface area (Å²) in [4.78, 5) is 30.4. The summed E-state index contributed by atoms with van der Waals surface area (Å²) in [6.07, 6.45) is 3.25. The Bertz CT molecular complexity index is 1510. The van der Waals surface area contributed by atoms with Crippen molar-refractivity contribution in [2.24, 2.45) is 0 Å². The largest absolute Gasteiger partial charge is 0.465 e. The van der Waals surface area contributed by atoms with E-state index in [1.807, 2.05) is 61.5 Å². The molecule has 5 rings (SSSR count). The number of carbonyl (C=O) groups excluding carboxylic acids is 1. The molecule has 2 unspecified atom stereocenters. The van der Waals surface area contributed by atoms with E-state index >= 15 is 0 Å². The molecule has 1 aromatic heterocycles. The van der Waals surface area contributed by atoms with Gasteiger partial charge in [-0.15, -0.1) is 0 Å². The van der Waals surface area contributed by atoms with Crippen molar-refractivity contribution >= 4 is 11.7 Å². The van der Waals surface area contributed by atoms with Gasteiger partial charge in [0.2, 0.25) is 0 Å². The van der Waals surface area contributed by atoms with Crippen LogP contribution in [-0.4, -0.2) is 52.8 Å². The van der Waals surface area contributed by atoms with Crippen molar-refractivity contribution < 1.29 is 18.3 Å². The van der Waals surface area contributed by atoms with Crippen LogP contribution < -0.4 is 10.6 Å². The highest BCUT2D eigenvalue weighted by Gasteiger charge is 2.31. The zero-order chi connectivity index (χ0) is 28.2. The first kappa shape index (κ1) is 27.3. The molecule has 0 spiro atoms. The van der Waals surface area contributed by atoms with Crippen molar-refractivity contribution in [1.29, 1.82) is 0 Å². The predicted molar refractivity (Wildman–Crippen MR) is 150 cm³/mol. The number of halogens is 2. The molecule has 1 fully saturated rings. The molecule has 1 saturated heterocycles. The Morgan fingerprint density at radius 1 is 0.900 bits per heavy atom. The van der Waals surface area contributed by atoms with E-state index in [1.54, 1.807) is 19.3 Å². The van der Waals surface area contributed by atoms with Gasteiger partial charge in [-0.05, 0) is 49.7 Å². The monoisotopic (exact) mass is 546 g/mol. The second-order valence-corrected chi connectivity index (χ2v) is 9.80. The molecule has 3 aromatic carbocycles. The maximum atomic E-state index is 14.3. The molecule has 1 aliphatic rings. The molecule has 7 nitrogen and oxygen atoms in total. The number of rotatable bonds is 8. The minimum absolute atomic E-state index is 0.236. The number of benzene rings is 3. The van der Waals surface area contributed by atoms with E-state index in [-0.39, 0.29) is 17.2 Å². The SMILES string of the molecule is CCOC(=O)C(c1ccccc1)N1CCN(c2ccc(-n3ccn(C(C)c4ccc(F)cc4F)c3=O)cc2)CC1. The third-order valence-electron chi connectivity index (χ3n) is 7.43. The molecular weight excluding hydrogens is 514 g/mol. The average Bonchev–Trinajstić information content (AvgIpc) is 3.35. The van der Waals surface area contributed by atoms with Gasteiger partial charge < -0.3 is 9.64 Å². The maximum Gasteiger partial charge on any atom is 0.333 e. The number of hydrogen-bond acceptors (Lipinski definition) is 5. The summed E-state index contributed by atoms with van der Waals surface area (Å²) in [6.45, 7) is 6.72. The van der Waals surface area contributed by atoms with Crippen molar-refractivity contribution in [3.05, 3.63) is 118 Å². The molecule has 2 heterocycles. The molecule has 2 atom stereocenters. The first-order chi connectivity index (χ1) is 19.4. The summed E-state index contributed by atoms with van der Waals surface area (Å²) >= 11 is 0. The molecule has 0 saturated carbocycles. The van der Waals surface area contributed by atoms with Crippen LogP contribution in [0, 0.1) is 11.6 Å². The summed E-state index contributed by atoms with van der Waals surface area (Å²) in [5.74, 6) is -1.58. The van der Waals surface area contributed by atoms with Gasteiger partial charge in [0.15, 0.2) is 0 Å². The average molecular weight is 547 g/mol. The van der Waals surface area contributed by atoms with Crippen molar-refractivity contribution in [3.63, 3.8) is 0 Å². The van der Waals surface area contributed by atoms with E-state index in [0.29, 0.717) is 25.4 Å². The zero-order valence-electron chi connectivity index (χ0n) is 22.5. The maximum absolute atomic E-state index is 14.3. The summed E-state index contributed by atoms with van der Waals surface area (Å²) in [6, 6.07) is 19.7. The van der Waals surface area contributed by atoms with Crippen molar-refractivity contribution in [1.82, 2.24) is 14.0 Å². The van der Waals surface area contributed by atoms with E-state index in [1.165, 1.54) is 21.3 Å². The molecule has 208 valence electrons. The van der Waals surface area contributed by atoms with Gasteiger partial charge >= 0.3 is 11.7 Å². The number of esters is 1. The molecule has 0 bridgehead atoms. The fourth-order valence-electron chi connectivity index (χ4n) is 5.29. The zero-order valence-corrected chi connectivity index (χ0v) is 22.5. The van der Waals surface area contributed by atoms with Gasteiger partial charge in [-0.2, -0.15) is 0 Å². The Kier molecular flexibility index (Phi) is 8.11. The van der Waals surface area contributed by atoms with Crippen molar-refractivity contribution in [3.8, 4) is 5.69 Å². The fourth-order valence-corrected chi connectivity index (χ4v) is 5.29. The summed E-state index contributed by atoms with van der Waals surface area (Å²) in [5, 5.41) is 0. The Labute approximate surface area is 231 Å². The number of piperazine rings is 1. The van der Waals surface area contributed by atoms with E-state index in [0.717, 1.165) is 30.4 Å². The highest BCUT2D eigenvalue weighted by atomic mass is 19.1.